The lowest BCUT2D eigenvalue weighted by Crippen LogP contribution is -2.43. The van der Waals surface area contributed by atoms with Crippen LogP contribution in [0.4, 0.5) is 29.5 Å². The summed E-state index contributed by atoms with van der Waals surface area (Å²) >= 11 is 0. The fourth-order valence-electron chi connectivity index (χ4n) is 4.12. The van der Waals surface area contributed by atoms with Gasteiger partial charge in [0.1, 0.15) is 5.82 Å². The van der Waals surface area contributed by atoms with Gasteiger partial charge in [0.2, 0.25) is 0 Å². The van der Waals surface area contributed by atoms with Gasteiger partial charge in [0.25, 0.3) is 5.92 Å². The third-order valence-electron chi connectivity index (χ3n) is 5.86. The van der Waals surface area contributed by atoms with E-state index < -0.39 is 18.3 Å². The van der Waals surface area contributed by atoms with E-state index in [0.29, 0.717) is 31.5 Å². The summed E-state index contributed by atoms with van der Waals surface area (Å²) in [6.45, 7) is 0.624. The van der Waals surface area contributed by atoms with E-state index in [9.17, 15) is 18.0 Å². The highest BCUT2D eigenvalue weighted by atomic mass is 19.3. The summed E-state index contributed by atoms with van der Waals surface area (Å²) in [5.74, 6) is -3.08. The molecule has 31 heavy (non-hydrogen) atoms. The van der Waals surface area contributed by atoms with Gasteiger partial charge in [0, 0.05) is 50.5 Å². The Morgan fingerprint density at radius 1 is 1.16 bits per heavy atom. The molecule has 2 saturated heterocycles. The molecule has 0 bridgehead atoms. The minimum atomic E-state index is -2.83. The number of anilines is 2. The summed E-state index contributed by atoms with van der Waals surface area (Å²) in [6.07, 6.45) is 2.69. The van der Waals surface area contributed by atoms with E-state index in [-0.39, 0.29) is 42.2 Å². The lowest BCUT2D eigenvalue weighted by Gasteiger charge is -2.32. The first-order valence-electron chi connectivity index (χ1n) is 10.3. The van der Waals surface area contributed by atoms with Crippen molar-refractivity contribution in [3.63, 3.8) is 0 Å². The number of hydrogen-bond acceptors (Lipinski definition) is 4. The van der Waals surface area contributed by atoms with Crippen molar-refractivity contribution in [1.29, 1.82) is 0 Å². The number of urea groups is 1. The van der Waals surface area contributed by atoms with Crippen LogP contribution in [0.2, 0.25) is 0 Å². The maximum absolute atomic E-state index is 14.6. The standard InChI is InChI=1S/C22H25F3N4O2/c1-31-15-7-11-28(12-8-15)21(30)27-19-17(16-4-2-3-5-18(16)23)6-10-26-20(19)29-13-9-22(24,25)14-29/h2-6,10,15H,7-9,11-14H2,1H3,(H,27,30). The Morgan fingerprint density at radius 3 is 2.55 bits per heavy atom. The molecule has 0 unspecified atom stereocenters. The predicted octanol–water partition coefficient (Wildman–Crippen LogP) is 4.38. The first kappa shape index (κ1) is 21.4. The van der Waals surface area contributed by atoms with E-state index in [1.807, 2.05) is 0 Å². The number of likely N-dealkylation sites (tertiary alicyclic amines) is 1. The second kappa shape index (κ2) is 8.74. The number of benzene rings is 1. The summed E-state index contributed by atoms with van der Waals surface area (Å²) in [4.78, 5) is 20.4. The predicted molar refractivity (Wildman–Crippen MR) is 112 cm³/mol. The fraction of sp³-hybridized carbons (Fsp3) is 0.455. The Labute approximate surface area is 179 Å². The van der Waals surface area contributed by atoms with Crippen molar-refractivity contribution < 1.29 is 22.7 Å². The normalized spacial score (nSPS) is 19.0. The summed E-state index contributed by atoms with van der Waals surface area (Å²) in [7, 11) is 1.65. The molecule has 166 valence electrons. The van der Waals surface area contributed by atoms with E-state index >= 15 is 0 Å². The number of amides is 2. The van der Waals surface area contributed by atoms with Gasteiger partial charge in [-0.3, -0.25) is 0 Å². The minimum Gasteiger partial charge on any atom is -0.381 e. The molecule has 2 aliphatic rings. The number of alkyl halides is 2. The smallest absolute Gasteiger partial charge is 0.321 e. The Bertz CT molecular complexity index is 948. The topological polar surface area (TPSA) is 57.7 Å². The van der Waals surface area contributed by atoms with Gasteiger partial charge in [-0.1, -0.05) is 18.2 Å². The van der Waals surface area contributed by atoms with Crippen molar-refractivity contribution >= 4 is 17.5 Å². The van der Waals surface area contributed by atoms with Crippen LogP contribution in [0.5, 0.6) is 0 Å². The number of hydrogen-bond donors (Lipinski definition) is 1. The highest BCUT2D eigenvalue weighted by molar-refractivity contribution is 5.99. The van der Waals surface area contributed by atoms with Crippen LogP contribution in [0.25, 0.3) is 11.1 Å². The zero-order valence-electron chi connectivity index (χ0n) is 17.3. The van der Waals surface area contributed by atoms with E-state index in [1.165, 1.54) is 17.2 Å². The molecule has 3 heterocycles. The molecule has 0 radical (unpaired) electrons. The molecule has 4 rings (SSSR count). The highest BCUT2D eigenvalue weighted by Crippen LogP contribution is 2.39. The van der Waals surface area contributed by atoms with Gasteiger partial charge >= 0.3 is 6.03 Å². The third kappa shape index (κ3) is 4.61. The van der Waals surface area contributed by atoms with Gasteiger partial charge in [-0.15, -0.1) is 0 Å². The minimum absolute atomic E-state index is 0.100. The van der Waals surface area contributed by atoms with Crippen molar-refractivity contribution in [2.24, 2.45) is 0 Å². The number of halogens is 3. The number of ether oxygens (including phenoxy) is 1. The van der Waals surface area contributed by atoms with E-state index in [0.717, 1.165) is 0 Å². The van der Waals surface area contributed by atoms with Crippen molar-refractivity contribution in [2.45, 2.75) is 31.3 Å². The van der Waals surface area contributed by atoms with Crippen molar-refractivity contribution in [2.75, 3.05) is 43.5 Å². The molecule has 0 aliphatic carbocycles. The Kier molecular flexibility index (Phi) is 6.04. The number of carbonyl (C=O) groups is 1. The average molecular weight is 434 g/mol. The van der Waals surface area contributed by atoms with Crippen molar-refractivity contribution in [1.82, 2.24) is 9.88 Å². The van der Waals surface area contributed by atoms with Gasteiger partial charge < -0.3 is 19.9 Å². The Morgan fingerprint density at radius 2 is 1.90 bits per heavy atom. The molecule has 2 amide bonds. The zero-order chi connectivity index (χ0) is 22.0. The average Bonchev–Trinajstić information content (AvgIpc) is 3.14. The molecule has 2 aliphatic heterocycles. The summed E-state index contributed by atoms with van der Waals surface area (Å²) in [5, 5.41) is 2.84. The molecule has 2 fully saturated rings. The molecule has 1 aromatic heterocycles. The van der Waals surface area contributed by atoms with Gasteiger partial charge in [-0.25, -0.2) is 22.9 Å². The maximum atomic E-state index is 14.6. The summed E-state index contributed by atoms with van der Waals surface area (Å²) in [5.41, 5.74) is 0.910. The van der Waals surface area contributed by atoms with Crippen molar-refractivity contribution in [3.8, 4) is 11.1 Å². The SMILES string of the molecule is COC1CCN(C(=O)Nc2c(-c3ccccc3F)ccnc2N2CCC(F)(F)C2)CC1. The van der Waals surface area contributed by atoms with Gasteiger partial charge in [0.05, 0.1) is 18.3 Å². The molecular formula is C22H25F3N4O2. The second-order valence-corrected chi connectivity index (χ2v) is 7.92. The molecule has 6 nitrogen and oxygen atoms in total. The van der Waals surface area contributed by atoms with Crippen LogP contribution in [0.1, 0.15) is 19.3 Å². The van der Waals surface area contributed by atoms with Crippen LogP contribution in [0, 0.1) is 5.82 Å². The largest absolute Gasteiger partial charge is 0.381 e. The number of nitrogens with zero attached hydrogens (tertiary/aromatic N) is 3. The monoisotopic (exact) mass is 434 g/mol. The third-order valence-corrected chi connectivity index (χ3v) is 5.86. The van der Waals surface area contributed by atoms with Gasteiger partial charge in [0.15, 0.2) is 5.82 Å². The van der Waals surface area contributed by atoms with E-state index in [2.05, 4.69) is 10.3 Å². The van der Waals surface area contributed by atoms with Gasteiger partial charge in [-0.05, 0) is 25.0 Å². The van der Waals surface area contributed by atoms with Crippen molar-refractivity contribution in [3.05, 3.63) is 42.3 Å². The lowest BCUT2D eigenvalue weighted by atomic mass is 10.0. The molecule has 1 aromatic carbocycles. The molecule has 9 heteroatoms. The van der Waals surface area contributed by atoms with Crippen LogP contribution >= 0.6 is 0 Å². The number of rotatable bonds is 4. The first-order valence-corrected chi connectivity index (χ1v) is 10.3. The number of pyridine rings is 1. The quantitative estimate of drug-likeness (QED) is 0.776. The molecule has 2 aromatic rings. The molecule has 1 N–H and O–H groups in total. The number of aromatic nitrogens is 1. The van der Waals surface area contributed by atoms with Crippen LogP contribution < -0.4 is 10.2 Å². The maximum Gasteiger partial charge on any atom is 0.321 e. The summed E-state index contributed by atoms with van der Waals surface area (Å²) < 4.78 is 47.7. The zero-order valence-corrected chi connectivity index (χ0v) is 17.3. The number of methoxy groups -OCH3 is 1. The summed E-state index contributed by atoms with van der Waals surface area (Å²) in [6, 6.07) is 7.38. The fourth-order valence-corrected chi connectivity index (χ4v) is 4.12. The van der Waals surface area contributed by atoms with Gasteiger partial charge in [-0.2, -0.15) is 0 Å². The van der Waals surface area contributed by atoms with Crippen LogP contribution in [0.3, 0.4) is 0 Å². The number of carbonyl (C=O) groups excluding carboxylic acids is 1. The first-order chi connectivity index (χ1) is 14.9. The van der Waals surface area contributed by atoms with Crippen LogP contribution in [-0.4, -0.2) is 61.2 Å². The molecule has 0 atom stereocenters. The molecule has 0 spiro atoms. The Balaban J connectivity index is 1.68. The van der Waals surface area contributed by atoms with Crippen LogP contribution in [-0.2, 0) is 4.74 Å². The van der Waals surface area contributed by atoms with Crippen LogP contribution in [0.15, 0.2) is 36.5 Å². The molecule has 0 saturated carbocycles. The lowest BCUT2D eigenvalue weighted by molar-refractivity contribution is 0.0257. The highest BCUT2D eigenvalue weighted by Gasteiger charge is 2.40. The Hall–Kier alpha value is -2.81. The second-order valence-electron chi connectivity index (χ2n) is 7.92. The van der Waals surface area contributed by atoms with E-state index in [1.54, 1.807) is 36.3 Å². The van der Waals surface area contributed by atoms with E-state index in [4.69, 9.17) is 4.74 Å². The number of nitrogens with one attached hydrogen (secondary N) is 1. The molecular weight excluding hydrogens is 409 g/mol. The number of piperidine rings is 1.